The van der Waals surface area contributed by atoms with Crippen LogP contribution in [0.4, 0.5) is 0 Å². The van der Waals surface area contributed by atoms with Crippen LogP contribution in [0.15, 0.2) is 24.3 Å². The Morgan fingerprint density at radius 1 is 1.30 bits per heavy atom. The van der Waals surface area contributed by atoms with Crippen molar-refractivity contribution in [2.75, 3.05) is 13.7 Å². The van der Waals surface area contributed by atoms with Gasteiger partial charge in [-0.2, -0.15) is 0 Å². The summed E-state index contributed by atoms with van der Waals surface area (Å²) in [4.78, 5) is 11.6. The Labute approximate surface area is 135 Å². The van der Waals surface area contributed by atoms with Crippen LogP contribution in [0.25, 0.3) is 0 Å². The van der Waals surface area contributed by atoms with Gasteiger partial charge >= 0.3 is 5.97 Å². The van der Waals surface area contributed by atoms with E-state index in [1.54, 1.807) is 38.3 Å². The summed E-state index contributed by atoms with van der Waals surface area (Å²) in [7, 11) is -2.05. The predicted octanol–water partition coefficient (Wildman–Crippen LogP) is -0.130. The Balaban J connectivity index is 1.90. The van der Waals surface area contributed by atoms with E-state index in [4.69, 9.17) is 9.47 Å². The molecule has 2 rings (SSSR count). The number of hydrogen-bond donors (Lipinski definition) is 3. The minimum atomic E-state index is -3.62. The Morgan fingerprint density at radius 2 is 2.00 bits per heavy atom. The average Bonchev–Trinajstić information content (AvgIpc) is 3.05. The van der Waals surface area contributed by atoms with Gasteiger partial charge in [-0.15, -0.1) is 0 Å². The first kappa shape index (κ1) is 17.7. The molecule has 0 bridgehead atoms. The topological polar surface area (TPSA) is 106 Å². The van der Waals surface area contributed by atoms with Crippen LogP contribution in [0.1, 0.15) is 18.9 Å². The third-order valence-corrected chi connectivity index (χ3v) is 5.06. The quantitative estimate of drug-likeness (QED) is 0.592. The maximum absolute atomic E-state index is 12.3. The summed E-state index contributed by atoms with van der Waals surface area (Å²) < 4.78 is 37.0. The first-order valence-corrected chi connectivity index (χ1v) is 8.80. The molecule has 2 unspecified atom stereocenters. The number of carbonyl (C=O) groups is 1. The summed E-state index contributed by atoms with van der Waals surface area (Å²) >= 11 is 0. The van der Waals surface area contributed by atoms with E-state index in [9.17, 15) is 13.2 Å². The number of carbonyl (C=O) groups excluding carboxylic acids is 1. The van der Waals surface area contributed by atoms with Crippen LogP contribution in [-0.4, -0.2) is 39.5 Å². The molecule has 0 saturated carbocycles. The molecule has 1 aliphatic heterocycles. The molecular weight excluding hydrogens is 322 g/mol. The monoisotopic (exact) mass is 343 g/mol. The molecule has 1 aliphatic rings. The molecule has 23 heavy (non-hydrogen) atoms. The van der Waals surface area contributed by atoms with Gasteiger partial charge < -0.3 is 9.47 Å². The highest BCUT2D eigenvalue weighted by molar-refractivity contribution is 7.90. The van der Waals surface area contributed by atoms with E-state index >= 15 is 0 Å². The summed E-state index contributed by atoms with van der Waals surface area (Å²) in [6, 6.07) is 6.41. The van der Waals surface area contributed by atoms with Gasteiger partial charge in [-0.1, -0.05) is 12.1 Å². The standard InChI is InChI=1S/C14H21N3O5S/c1-3-22-14(18)12-8-13(17-16-12)23(19,20)15-9-10-4-6-11(21-2)7-5-10/h4-7,12-13,15-17H,3,8-9H2,1-2H3. The lowest BCUT2D eigenvalue weighted by Crippen LogP contribution is -2.43. The summed E-state index contributed by atoms with van der Waals surface area (Å²) in [6.07, 6.45) is 0.108. The number of benzene rings is 1. The normalized spacial score (nSPS) is 21.1. The number of methoxy groups -OCH3 is 1. The highest BCUT2D eigenvalue weighted by atomic mass is 32.2. The second-order valence-electron chi connectivity index (χ2n) is 5.03. The minimum absolute atomic E-state index is 0.108. The highest BCUT2D eigenvalue weighted by Gasteiger charge is 2.37. The van der Waals surface area contributed by atoms with Gasteiger partial charge in [0.25, 0.3) is 0 Å². The van der Waals surface area contributed by atoms with Gasteiger partial charge in [-0.25, -0.2) is 24.0 Å². The number of ether oxygens (including phenoxy) is 2. The molecule has 0 amide bonds. The SMILES string of the molecule is CCOC(=O)C1CC(S(=O)(=O)NCc2ccc(OC)cc2)NN1. The Hall–Kier alpha value is -1.68. The zero-order valence-corrected chi connectivity index (χ0v) is 13.9. The molecule has 8 nitrogen and oxygen atoms in total. The third kappa shape index (κ3) is 4.64. The summed E-state index contributed by atoms with van der Waals surface area (Å²) in [5.74, 6) is 0.239. The van der Waals surface area contributed by atoms with Crippen LogP contribution in [0, 0.1) is 0 Å². The van der Waals surface area contributed by atoms with Gasteiger partial charge in [-0.3, -0.25) is 4.79 Å². The highest BCUT2D eigenvalue weighted by Crippen LogP contribution is 2.14. The molecule has 9 heteroatoms. The van der Waals surface area contributed by atoms with Gasteiger partial charge in [0.15, 0.2) is 0 Å². The number of sulfonamides is 1. The van der Waals surface area contributed by atoms with E-state index < -0.39 is 27.4 Å². The third-order valence-electron chi connectivity index (χ3n) is 3.45. The number of nitrogens with one attached hydrogen (secondary N) is 3. The van der Waals surface area contributed by atoms with E-state index in [0.717, 1.165) is 5.56 Å². The van der Waals surface area contributed by atoms with Gasteiger partial charge in [0.1, 0.15) is 17.2 Å². The second kappa shape index (κ2) is 7.73. The smallest absolute Gasteiger partial charge is 0.324 e. The molecule has 1 aromatic carbocycles. The van der Waals surface area contributed by atoms with E-state index in [-0.39, 0.29) is 19.6 Å². The van der Waals surface area contributed by atoms with Gasteiger partial charge in [0.2, 0.25) is 10.0 Å². The molecule has 0 aromatic heterocycles. The molecule has 0 radical (unpaired) electrons. The summed E-state index contributed by atoms with van der Waals surface area (Å²) in [5, 5.41) is -0.893. The molecule has 1 fully saturated rings. The van der Waals surface area contributed by atoms with E-state index in [1.807, 2.05) is 0 Å². The van der Waals surface area contributed by atoms with E-state index in [1.165, 1.54) is 0 Å². The largest absolute Gasteiger partial charge is 0.497 e. The molecule has 1 aromatic rings. The molecular formula is C14H21N3O5S. The van der Waals surface area contributed by atoms with Crippen LogP contribution in [-0.2, 0) is 26.1 Å². The summed E-state index contributed by atoms with van der Waals surface area (Å²) in [5.41, 5.74) is 6.08. The molecule has 128 valence electrons. The maximum atomic E-state index is 12.3. The number of rotatable bonds is 7. The van der Waals surface area contributed by atoms with Crippen LogP contribution in [0.5, 0.6) is 5.75 Å². The van der Waals surface area contributed by atoms with Crippen LogP contribution in [0.2, 0.25) is 0 Å². The zero-order chi connectivity index (χ0) is 16.9. The second-order valence-corrected chi connectivity index (χ2v) is 6.98. The molecule has 0 spiro atoms. The molecule has 1 heterocycles. The summed E-state index contributed by atoms with van der Waals surface area (Å²) in [6.45, 7) is 2.11. The average molecular weight is 343 g/mol. The van der Waals surface area contributed by atoms with Crippen molar-refractivity contribution in [3.05, 3.63) is 29.8 Å². The van der Waals surface area contributed by atoms with Crippen molar-refractivity contribution in [3.8, 4) is 5.75 Å². The van der Waals surface area contributed by atoms with Gasteiger partial charge in [-0.05, 0) is 24.6 Å². The molecule has 0 aliphatic carbocycles. The molecule has 2 atom stereocenters. The van der Waals surface area contributed by atoms with Crippen molar-refractivity contribution in [1.82, 2.24) is 15.6 Å². The molecule has 3 N–H and O–H groups in total. The Morgan fingerprint density at radius 3 is 2.61 bits per heavy atom. The van der Waals surface area contributed by atoms with Gasteiger partial charge in [0, 0.05) is 13.0 Å². The molecule has 1 saturated heterocycles. The lowest BCUT2D eigenvalue weighted by molar-refractivity contribution is -0.145. The number of hydrazine groups is 1. The fourth-order valence-corrected chi connectivity index (χ4v) is 3.39. The fraction of sp³-hybridized carbons (Fsp3) is 0.500. The zero-order valence-electron chi connectivity index (χ0n) is 13.0. The van der Waals surface area contributed by atoms with Crippen molar-refractivity contribution >= 4 is 16.0 Å². The van der Waals surface area contributed by atoms with E-state index in [2.05, 4.69) is 15.6 Å². The first-order valence-electron chi connectivity index (χ1n) is 7.25. The maximum Gasteiger partial charge on any atom is 0.324 e. The van der Waals surface area contributed by atoms with E-state index in [0.29, 0.717) is 5.75 Å². The fourth-order valence-electron chi connectivity index (χ4n) is 2.16. The van der Waals surface area contributed by atoms with Crippen molar-refractivity contribution < 1.29 is 22.7 Å². The van der Waals surface area contributed by atoms with Crippen molar-refractivity contribution in [3.63, 3.8) is 0 Å². The van der Waals surface area contributed by atoms with Crippen molar-refractivity contribution in [2.45, 2.75) is 31.3 Å². The van der Waals surface area contributed by atoms with Crippen LogP contribution < -0.4 is 20.3 Å². The van der Waals surface area contributed by atoms with Crippen molar-refractivity contribution in [2.24, 2.45) is 0 Å². The van der Waals surface area contributed by atoms with Crippen LogP contribution in [0.3, 0.4) is 0 Å². The minimum Gasteiger partial charge on any atom is -0.497 e. The lowest BCUT2D eigenvalue weighted by Gasteiger charge is -2.12. The number of esters is 1. The Kier molecular flexibility index (Phi) is 5.94. The van der Waals surface area contributed by atoms with Crippen LogP contribution >= 0.6 is 0 Å². The Bertz CT molecular complexity index is 632. The lowest BCUT2D eigenvalue weighted by atomic mass is 10.2. The number of hydrogen-bond acceptors (Lipinski definition) is 7. The first-order chi connectivity index (χ1) is 11.0. The predicted molar refractivity (Wildman–Crippen MR) is 83.9 cm³/mol. The van der Waals surface area contributed by atoms with Gasteiger partial charge in [0.05, 0.1) is 13.7 Å². The van der Waals surface area contributed by atoms with Crippen molar-refractivity contribution in [1.29, 1.82) is 0 Å².